The molecule has 3 aromatic rings. The van der Waals surface area contributed by atoms with Crippen molar-refractivity contribution in [2.75, 3.05) is 19.6 Å². The van der Waals surface area contributed by atoms with Crippen LogP contribution in [0, 0.1) is 5.92 Å². The lowest BCUT2D eigenvalue weighted by Gasteiger charge is -2.30. The highest BCUT2D eigenvalue weighted by Gasteiger charge is 2.31. The molecule has 2 amide bonds. The normalized spacial score (nSPS) is 13.6. The first-order valence-electron chi connectivity index (χ1n) is 11.7. The Morgan fingerprint density at radius 2 is 1.83 bits per heavy atom. The average molecular weight is 533 g/mol. The molecule has 2 atom stereocenters. The van der Waals surface area contributed by atoms with Crippen LogP contribution in [0.25, 0.3) is 10.2 Å². The number of nitrogens with zero attached hydrogens (tertiary/aromatic N) is 2. The van der Waals surface area contributed by atoms with Gasteiger partial charge in [-0.2, -0.15) is 4.31 Å². The van der Waals surface area contributed by atoms with E-state index in [9.17, 15) is 23.1 Å². The van der Waals surface area contributed by atoms with Crippen molar-refractivity contribution < 1.29 is 23.1 Å². The Bertz CT molecular complexity index is 1280. The molecule has 194 valence electrons. The van der Waals surface area contributed by atoms with Gasteiger partial charge in [-0.1, -0.05) is 44.2 Å². The van der Waals surface area contributed by atoms with Crippen LogP contribution in [0.3, 0.4) is 0 Å². The number of carbonyl (C=O) groups excluding carboxylic acids is 2. The molecule has 0 bridgehead atoms. The molecule has 0 unspecified atom stereocenters. The lowest BCUT2D eigenvalue weighted by atomic mass is 10.0. The van der Waals surface area contributed by atoms with Crippen molar-refractivity contribution in [1.82, 2.24) is 19.9 Å². The number of rotatable bonds is 12. The molecule has 0 aliphatic heterocycles. The number of fused-ring (bicyclic) bond motifs is 1. The monoisotopic (exact) mass is 532 g/mol. The van der Waals surface area contributed by atoms with Gasteiger partial charge < -0.3 is 15.7 Å². The fourth-order valence-corrected chi connectivity index (χ4v) is 6.21. The molecule has 0 saturated heterocycles. The average Bonchev–Trinajstić information content (AvgIpc) is 3.30. The second-order valence-electron chi connectivity index (χ2n) is 9.04. The summed E-state index contributed by atoms with van der Waals surface area (Å²) in [6.07, 6.45) is -0.914. The second-order valence-corrected chi connectivity index (χ2v) is 11.9. The van der Waals surface area contributed by atoms with E-state index >= 15 is 0 Å². The third kappa shape index (κ3) is 7.57. The summed E-state index contributed by atoms with van der Waals surface area (Å²) in [5.41, 5.74) is 3.25. The number of sulfonamides is 1. The van der Waals surface area contributed by atoms with E-state index in [1.165, 1.54) is 28.6 Å². The van der Waals surface area contributed by atoms with E-state index in [0.29, 0.717) is 0 Å². The first kappa shape index (κ1) is 27.7. The molecular weight excluding hydrogens is 500 g/mol. The molecule has 1 heterocycles. The Balaban J connectivity index is 1.85. The maximum absolute atomic E-state index is 13.6. The Labute approximate surface area is 215 Å². The predicted molar refractivity (Wildman–Crippen MR) is 140 cm³/mol. The van der Waals surface area contributed by atoms with Gasteiger partial charge >= 0.3 is 0 Å². The van der Waals surface area contributed by atoms with Gasteiger partial charge in [0, 0.05) is 20.0 Å². The summed E-state index contributed by atoms with van der Waals surface area (Å²) in [7, 11) is -3.93. The minimum absolute atomic E-state index is 0.000964. The number of aliphatic hydroxyl groups excluding tert-OH is 1. The smallest absolute Gasteiger partial charge is 0.243 e. The highest BCUT2D eigenvalue weighted by molar-refractivity contribution is 7.89. The summed E-state index contributed by atoms with van der Waals surface area (Å²) in [6, 6.07) is 13.3. The fraction of sp³-hybridized carbons (Fsp3) is 0.400. The Hall–Kier alpha value is -2.86. The molecule has 0 radical (unpaired) electrons. The molecule has 0 saturated carbocycles. The highest BCUT2D eigenvalue weighted by atomic mass is 32.2. The molecule has 1 aromatic heterocycles. The van der Waals surface area contributed by atoms with Gasteiger partial charge in [0.25, 0.3) is 0 Å². The quantitative estimate of drug-likeness (QED) is 0.328. The van der Waals surface area contributed by atoms with Gasteiger partial charge in [-0.25, -0.2) is 13.4 Å². The van der Waals surface area contributed by atoms with E-state index in [1.807, 2.05) is 44.2 Å². The van der Waals surface area contributed by atoms with Crippen LogP contribution >= 0.6 is 11.3 Å². The molecule has 0 aliphatic rings. The van der Waals surface area contributed by atoms with Gasteiger partial charge in [0.1, 0.15) is 0 Å². The summed E-state index contributed by atoms with van der Waals surface area (Å²) in [5, 5.41) is 16.4. The lowest BCUT2D eigenvalue weighted by Crippen LogP contribution is -2.52. The van der Waals surface area contributed by atoms with Crippen LogP contribution in [-0.4, -0.2) is 66.4 Å². The van der Waals surface area contributed by atoms with E-state index in [1.54, 1.807) is 17.6 Å². The van der Waals surface area contributed by atoms with E-state index in [2.05, 4.69) is 15.6 Å². The summed E-state index contributed by atoms with van der Waals surface area (Å²) >= 11 is 1.36. The third-order valence-corrected chi connectivity index (χ3v) is 8.13. The number of hydrogen-bond acceptors (Lipinski definition) is 7. The van der Waals surface area contributed by atoms with Crippen LogP contribution in [0.4, 0.5) is 0 Å². The zero-order valence-corrected chi connectivity index (χ0v) is 22.2. The zero-order chi connectivity index (χ0) is 26.3. The molecule has 3 rings (SSSR count). The molecule has 0 fully saturated rings. The Kier molecular flexibility index (Phi) is 9.55. The minimum Gasteiger partial charge on any atom is -0.390 e. The molecule has 0 spiro atoms. The van der Waals surface area contributed by atoms with Crippen molar-refractivity contribution in [3.63, 3.8) is 0 Å². The molecular formula is C25H32N4O5S2. The topological polar surface area (TPSA) is 129 Å². The number of aromatic nitrogens is 1. The Morgan fingerprint density at radius 3 is 2.50 bits per heavy atom. The number of aliphatic hydroxyl groups is 1. The summed E-state index contributed by atoms with van der Waals surface area (Å²) in [4.78, 5) is 28.0. The minimum atomic E-state index is -3.93. The van der Waals surface area contributed by atoms with Crippen LogP contribution in [0.5, 0.6) is 0 Å². The van der Waals surface area contributed by atoms with Crippen molar-refractivity contribution in [2.24, 2.45) is 5.92 Å². The van der Waals surface area contributed by atoms with Crippen molar-refractivity contribution in [2.45, 2.75) is 44.2 Å². The number of hydrogen-bond donors (Lipinski definition) is 3. The van der Waals surface area contributed by atoms with Crippen LogP contribution in [-0.2, 0) is 26.0 Å². The van der Waals surface area contributed by atoms with Crippen molar-refractivity contribution >= 4 is 43.4 Å². The van der Waals surface area contributed by atoms with E-state index < -0.39 is 28.1 Å². The Morgan fingerprint density at radius 1 is 1.11 bits per heavy atom. The SMILES string of the molecule is CC(=O)NCC(=O)N[C@@H](Cc1ccccc1)[C@H](O)CN(CC(C)C)S(=O)(=O)c1ccc2ncsc2c1. The predicted octanol–water partition coefficient (Wildman–Crippen LogP) is 2.17. The highest BCUT2D eigenvalue weighted by Crippen LogP contribution is 2.25. The first-order valence-corrected chi connectivity index (χ1v) is 14.0. The van der Waals surface area contributed by atoms with Gasteiger partial charge in [0.15, 0.2) is 0 Å². The van der Waals surface area contributed by atoms with Crippen LogP contribution in [0.1, 0.15) is 26.3 Å². The maximum Gasteiger partial charge on any atom is 0.243 e. The van der Waals surface area contributed by atoms with Gasteiger partial charge in [-0.3, -0.25) is 9.59 Å². The third-order valence-electron chi connectivity index (χ3n) is 5.51. The fourth-order valence-electron chi connectivity index (χ4n) is 3.77. The molecule has 9 nitrogen and oxygen atoms in total. The van der Waals surface area contributed by atoms with Crippen LogP contribution in [0.2, 0.25) is 0 Å². The number of amides is 2. The molecule has 11 heteroatoms. The second kappa shape index (κ2) is 12.4. The first-order chi connectivity index (χ1) is 17.1. The number of benzene rings is 2. The van der Waals surface area contributed by atoms with E-state index in [-0.39, 0.29) is 42.8 Å². The van der Waals surface area contributed by atoms with Crippen LogP contribution in [0.15, 0.2) is 58.9 Å². The van der Waals surface area contributed by atoms with E-state index in [0.717, 1.165) is 15.8 Å². The van der Waals surface area contributed by atoms with Crippen molar-refractivity contribution in [1.29, 1.82) is 0 Å². The standard InChI is InChI=1S/C25H32N4O5S2/c1-17(2)14-29(36(33,34)20-9-10-21-24(12-20)35-16-27-21)15-23(31)22(11-19-7-5-4-6-8-19)28-25(32)13-26-18(3)30/h4-10,12,16-17,22-23,31H,11,13-15H2,1-3H3,(H,26,30)(H,28,32)/t22-,23+/m0/s1. The largest absolute Gasteiger partial charge is 0.390 e. The van der Waals surface area contributed by atoms with Crippen molar-refractivity contribution in [3.05, 3.63) is 59.6 Å². The molecule has 36 heavy (non-hydrogen) atoms. The summed E-state index contributed by atoms with van der Waals surface area (Å²) in [6.45, 7) is 4.85. The molecule has 2 aromatic carbocycles. The molecule has 3 N–H and O–H groups in total. The van der Waals surface area contributed by atoms with E-state index in [4.69, 9.17) is 0 Å². The zero-order valence-electron chi connectivity index (χ0n) is 20.5. The van der Waals surface area contributed by atoms with Gasteiger partial charge in [-0.05, 0) is 36.1 Å². The van der Waals surface area contributed by atoms with Crippen LogP contribution < -0.4 is 10.6 Å². The molecule has 0 aliphatic carbocycles. The maximum atomic E-state index is 13.6. The lowest BCUT2D eigenvalue weighted by molar-refractivity contribution is -0.126. The van der Waals surface area contributed by atoms with Gasteiger partial charge in [0.2, 0.25) is 21.8 Å². The van der Waals surface area contributed by atoms with Gasteiger partial charge in [-0.15, -0.1) is 11.3 Å². The number of carbonyl (C=O) groups is 2. The number of thiazole rings is 1. The van der Waals surface area contributed by atoms with Crippen molar-refractivity contribution in [3.8, 4) is 0 Å². The number of nitrogens with one attached hydrogen (secondary N) is 2. The summed E-state index contributed by atoms with van der Waals surface area (Å²) in [5.74, 6) is -0.822. The van der Waals surface area contributed by atoms with Gasteiger partial charge in [0.05, 0.1) is 39.3 Å². The summed E-state index contributed by atoms with van der Waals surface area (Å²) < 4.78 is 29.3.